The van der Waals surface area contributed by atoms with E-state index in [1.807, 2.05) is 0 Å². The number of furan rings is 1. The van der Waals surface area contributed by atoms with Crippen LogP contribution in [0.3, 0.4) is 0 Å². The number of nitrogens with one attached hydrogen (secondary N) is 1. The Morgan fingerprint density at radius 3 is 1.79 bits per heavy atom. The standard InChI is InChI=1S/C54H37N3O/c1-4-15-36(16-5-1)38-27-29-44(30-28-38)57(43-22-8-3-9-23-43)45-24-14-21-41(31-45)54-55-50-26-13-12-25-46(50)52(56-54)49-34-42(37-17-6-2-7-18-37)33-48-47-32-39-19-10-11-20-40(39)35-51(47)58-53(48)49/h1-35,54-55H. The summed E-state index contributed by atoms with van der Waals surface area (Å²) < 4.78 is 6.87. The molecule has 0 spiro atoms. The first-order valence-corrected chi connectivity index (χ1v) is 19.7. The summed E-state index contributed by atoms with van der Waals surface area (Å²) in [5.41, 5.74) is 14.5. The second kappa shape index (κ2) is 14.1. The van der Waals surface area contributed by atoms with Gasteiger partial charge in [0.25, 0.3) is 0 Å². The van der Waals surface area contributed by atoms with Crippen LogP contribution in [-0.4, -0.2) is 5.71 Å². The number of rotatable bonds is 7. The number of fused-ring (bicyclic) bond motifs is 5. The summed E-state index contributed by atoms with van der Waals surface area (Å²) in [5.74, 6) is 0. The SMILES string of the molecule is c1ccc(-c2ccc(N(c3ccccc3)c3cccc(C4N=C(c5cc(-c6ccccc6)cc6c5oc5cc7ccccc7cc56)c5ccccc5N4)c3)cc2)cc1. The van der Waals surface area contributed by atoms with E-state index in [1.165, 1.54) is 16.5 Å². The van der Waals surface area contributed by atoms with Gasteiger partial charge in [0.1, 0.15) is 17.3 Å². The maximum Gasteiger partial charge on any atom is 0.145 e. The molecule has 11 rings (SSSR count). The second-order valence-electron chi connectivity index (χ2n) is 14.8. The summed E-state index contributed by atoms with van der Waals surface area (Å²) >= 11 is 0. The van der Waals surface area contributed by atoms with Crippen LogP contribution in [0, 0.1) is 0 Å². The molecular weight excluding hydrogens is 707 g/mol. The zero-order valence-electron chi connectivity index (χ0n) is 31.6. The van der Waals surface area contributed by atoms with Gasteiger partial charge in [0, 0.05) is 44.6 Å². The van der Waals surface area contributed by atoms with Crippen molar-refractivity contribution < 1.29 is 4.42 Å². The molecule has 10 aromatic rings. The van der Waals surface area contributed by atoms with Gasteiger partial charge in [-0.15, -0.1) is 0 Å². The number of hydrogen-bond donors (Lipinski definition) is 1. The van der Waals surface area contributed by atoms with Crippen LogP contribution >= 0.6 is 0 Å². The molecule has 1 aliphatic heterocycles. The van der Waals surface area contributed by atoms with E-state index >= 15 is 0 Å². The van der Waals surface area contributed by atoms with E-state index in [1.54, 1.807) is 0 Å². The molecule has 1 N–H and O–H groups in total. The lowest BCUT2D eigenvalue weighted by atomic mass is 9.92. The van der Waals surface area contributed by atoms with Crippen molar-refractivity contribution in [3.8, 4) is 22.3 Å². The van der Waals surface area contributed by atoms with E-state index in [4.69, 9.17) is 9.41 Å². The molecule has 58 heavy (non-hydrogen) atoms. The van der Waals surface area contributed by atoms with Crippen molar-refractivity contribution in [3.63, 3.8) is 0 Å². The molecule has 0 radical (unpaired) electrons. The Hall–Kier alpha value is -7.69. The highest BCUT2D eigenvalue weighted by Crippen LogP contribution is 2.42. The largest absolute Gasteiger partial charge is 0.455 e. The van der Waals surface area contributed by atoms with Crippen molar-refractivity contribution in [2.75, 3.05) is 10.2 Å². The highest BCUT2D eigenvalue weighted by Gasteiger charge is 2.27. The van der Waals surface area contributed by atoms with Crippen molar-refractivity contribution in [2.24, 2.45) is 4.99 Å². The number of hydrogen-bond acceptors (Lipinski definition) is 4. The predicted molar refractivity (Wildman–Crippen MR) is 242 cm³/mol. The Morgan fingerprint density at radius 1 is 0.431 bits per heavy atom. The second-order valence-corrected chi connectivity index (χ2v) is 14.8. The molecule has 0 aliphatic carbocycles. The first-order valence-electron chi connectivity index (χ1n) is 19.7. The number of nitrogens with zero attached hydrogens (tertiary/aromatic N) is 2. The minimum absolute atomic E-state index is 0.356. The first-order chi connectivity index (χ1) is 28.7. The molecule has 274 valence electrons. The number of benzene rings is 9. The Bertz CT molecular complexity index is 3130. The van der Waals surface area contributed by atoms with Crippen LogP contribution in [0.1, 0.15) is 22.9 Å². The number of aliphatic imine (C=N–C) groups is 1. The smallest absolute Gasteiger partial charge is 0.145 e. The molecule has 1 unspecified atom stereocenters. The lowest BCUT2D eigenvalue weighted by Crippen LogP contribution is -2.21. The molecule has 1 aliphatic rings. The van der Waals surface area contributed by atoms with Gasteiger partial charge < -0.3 is 14.6 Å². The highest BCUT2D eigenvalue weighted by molar-refractivity contribution is 6.25. The first kappa shape index (κ1) is 33.6. The van der Waals surface area contributed by atoms with Gasteiger partial charge in [-0.05, 0) is 105 Å². The van der Waals surface area contributed by atoms with E-state index in [0.717, 1.165) is 83.6 Å². The summed E-state index contributed by atoms with van der Waals surface area (Å²) in [5, 5.41) is 8.30. The van der Waals surface area contributed by atoms with E-state index in [2.05, 4.69) is 223 Å². The number of para-hydroxylation sites is 2. The fourth-order valence-electron chi connectivity index (χ4n) is 8.39. The Morgan fingerprint density at radius 2 is 1.03 bits per heavy atom. The van der Waals surface area contributed by atoms with E-state index in [-0.39, 0.29) is 6.17 Å². The summed E-state index contributed by atoms with van der Waals surface area (Å²) in [6, 6.07) is 75.1. The van der Waals surface area contributed by atoms with Crippen molar-refractivity contribution in [3.05, 3.63) is 229 Å². The third-order valence-electron chi connectivity index (χ3n) is 11.2. The van der Waals surface area contributed by atoms with Crippen LogP contribution < -0.4 is 10.2 Å². The Labute approximate surface area is 337 Å². The van der Waals surface area contributed by atoms with E-state index in [0.29, 0.717) is 0 Å². The van der Waals surface area contributed by atoms with E-state index < -0.39 is 0 Å². The molecule has 4 heteroatoms. The zero-order valence-corrected chi connectivity index (χ0v) is 31.6. The fourth-order valence-corrected chi connectivity index (χ4v) is 8.39. The summed E-state index contributed by atoms with van der Waals surface area (Å²) in [6.07, 6.45) is -0.356. The molecule has 0 amide bonds. The maximum absolute atomic E-state index is 6.87. The molecule has 1 aromatic heterocycles. The molecule has 9 aromatic carbocycles. The van der Waals surface area contributed by atoms with Crippen LogP contribution in [0.15, 0.2) is 222 Å². The van der Waals surface area contributed by atoms with Gasteiger partial charge in [-0.25, -0.2) is 0 Å². The van der Waals surface area contributed by atoms with Gasteiger partial charge in [0.15, 0.2) is 0 Å². The van der Waals surface area contributed by atoms with Gasteiger partial charge in [-0.2, -0.15) is 0 Å². The fraction of sp³-hybridized carbons (Fsp3) is 0.0185. The van der Waals surface area contributed by atoms with Gasteiger partial charge in [-0.1, -0.05) is 146 Å². The monoisotopic (exact) mass is 743 g/mol. The highest BCUT2D eigenvalue weighted by atomic mass is 16.3. The predicted octanol–water partition coefficient (Wildman–Crippen LogP) is 14.5. The van der Waals surface area contributed by atoms with Crippen LogP contribution in [-0.2, 0) is 0 Å². The van der Waals surface area contributed by atoms with Crippen molar-refractivity contribution in [2.45, 2.75) is 6.17 Å². The lowest BCUT2D eigenvalue weighted by molar-refractivity contribution is 0.668. The van der Waals surface area contributed by atoms with Gasteiger partial charge in [-0.3, -0.25) is 4.99 Å². The molecule has 0 saturated heterocycles. The van der Waals surface area contributed by atoms with Crippen molar-refractivity contribution >= 4 is 61.2 Å². The third-order valence-corrected chi connectivity index (χ3v) is 11.2. The van der Waals surface area contributed by atoms with Crippen LogP contribution in [0.25, 0.3) is 55.0 Å². The minimum Gasteiger partial charge on any atom is -0.455 e. The van der Waals surface area contributed by atoms with Gasteiger partial charge in [0.2, 0.25) is 0 Å². The molecular formula is C54H37N3O. The molecule has 0 saturated carbocycles. The Balaban J connectivity index is 1.07. The van der Waals surface area contributed by atoms with Crippen molar-refractivity contribution in [1.29, 1.82) is 0 Å². The Kier molecular flexibility index (Phi) is 8.18. The average Bonchev–Trinajstić information content (AvgIpc) is 3.66. The lowest BCUT2D eigenvalue weighted by Gasteiger charge is -2.29. The third kappa shape index (κ3) is 5.99. The summed E-state index contributed by atoms with van der Waals surface area (Å²) in [7, 11) is 0. The zero-order chi connectivity index (χ0) is 38.4. The normalized spacial score (nSPS) is 13.6. The quantitative estimate of drug-likeness (QED) is 0.177. The van der Waals surface area contributed by atoms with Crippen LogP contribution in [0.2, 0.25) is 0 Å². The summed E-state index contributed by atoms with van der Waals surface area (Å²) in [4.78, 5) is 7.90. The van der Waals surface area contributed by atoms with Gasteiger partial charge >= 0.3 is 0 Å². The topological polar surface area (TPSA) is 40.8 Å². The maximum atomic E-state index is 6.87. The molecule has 4 nitrogen and oxygen atoms in total. The average molecular weight is 744 g/mol. The summed E-state index contributed by atoms with van der Waals surface area (Å²) in [6.45, 7) is 0. The molecule has 0 fully saturated rings. The van der Waals surface area contributed by atoms with Gasteiger partial charge in [0.05, 0.1) is 5.71 Å². The number of anilines is 4. The minimum atomic E-state index is -0.356. The van der Waals surface area contributed by atoms with Crippen LogP contribution in [0.4, 0.5) is 22.7 Å². The molecule has 2 heterocycles. The molecule has 0 bridgehead atoms. The van der Waals surface area contributed by atoms with Crippen molar-refractivity contribution in [1.82, 2.24) is 0 Å². The van der Waals surface area contributed by atoms with E-state index in [9.17, 15) is 0 Å². The van der Waals surface area contributed by atoms with Crippen LogP contribution in [0.5, 0.6) is 0 Å². The molecule has 1 atom stereocenters.